The van der Waals surface area contributed by atoms with Crippen LogP contribution in [0.5, 0.6) is 0 Å². The molecule has 9 atom stereocenters. The molecule has 0 radical (unpaired) electrons. The van der Waals surface area contributed by atoms with E-state index in [0.29, 0.717) is 25.7 Å². The van der Waals surface area contributed by atoms with Gasteiger partial charge in [0.15, 0.2) is 6.10 Å². The molecule has 0 heterocycles. The molecular formula is C45H75O14P. The molecule has 0 bridgehead atoms. The monoisotopic (exact) mass is 870 g/mol. The molecule has 0 aliphatic heterocycles. The molecule has 1 aliphatic carbocycles. The maximum Gasteiger partial charge on any atom is 0.472 e. The van der Waals surface area contributed by atoms with Gasteiger partial charge in [0.05, 0.1) is 12.7 Å². The number of hydrogen-bond donors (Lipinski definition) is 7. The summed E-state index contributed by atoms with van der Waals surface area (Å²) in [6, 6.07) is 0. The molecule has 344 valence electrons. The summed E-state index contributed by atoms with van der Waals surface area (Å²) in [5, 5.41) is 60.2. The van der Waals surface area contributed by atoms with E-state index in [-0.39, 0.29) is 12.8 Å². The van der Waals surface area contributed by atoms with Crippen LogP contribution in [0.3, 0.4) is 0 Å². The Kier molecular flexibility index (Phi) is 32.0. The molecule has 7 N–H and O–H groups in total. The van der Waals surface area contributed by atoms with Gasteiger partial charge in [-0.25, -0.2) is 4.57 Å². The zero-order valence-corrected chi connectivity index (χ0v) is 36.7. The number of phosphoric ester groups is 1. The van der Waals surface area contributed by atoms with Gasteiger partial charge in [0.1, 0.15) is 43.2 Å². The lowest BCUT2D eigenvalue weighted by Crippen LogP contribution is -2.64. The van der Waals surface area contributed by atoms with Crippen LogP contribution in [-0.2, 0) is 32.7 Å². The summed E-state index contributed by atoms with van der Waals surface area (Å²) in [5.41, 5.74) is 0. The summed E-state index contributed by atoms with van der Waals surface area (Å²) < 4.78 is 33.4. The molecule has 0 aromatic carbocycles. The van der Waals surface area contributed by atoms with E-state index in [9.17, 15) is 49.7 Å². The number of aliphatic hydroxyl groups excluding tert-OH is 6. The molecule has 0 aromatic rings. The van der Waals surface area contributed by atoms with E-state index >= 15 is 0 Å². The van der Waals surface area contributed by atoms with Crippen molar-refractivity contribution >= 4 is 19.8 Å². The number of unbranched alkanes of at least 4 members (excludes halogenated alkanes) is 9. The van der Waals surface area contributed by atoms with E-state index < -0.39 is 81.8 Å². The number of allylic oxidation sites excluding steroid dienone is 11. The molecule has 4 unspecified atom stereocenters. The number of esters is 2. The molecule has 1 fully saturated rings. The fraction of sp³-hybridized carbons (Fsp3) is 0.689. The SMILES string of the molecule is CC/C=C/C/C=C/C=C/C(O)CCCCCCCC(=O)O[C@H](COC(=O)CCCC/C=C\C/C=C\C/C=C\CCCCC)COP(=O)(O)OC1[C@H](O)[C@H](O)C(O)[C@H](O)[C@H]1O. The van der Waals surface area contributed by atoms with Gasteiger partial charge in [0.25, 0.3) is 0 Å². The van der Waals surface area contributed by atoms with E-state index in [4.69, 9.17) is 18.5 Å². The lowest BCUT2D eigenvalue weighted by Gasteiger charge is -2.41. The average Bonchev–Trinajstić information content (AvgIpc) is 3.22. The fourth-order valence-electron chi connectivity index (χ4n) is 6.06. The minimum absolute atomic E-state index is 0.0148. The van der Waals surface area contributed by atoms with Gasteiger partial charge < -0.3 is 45.0 Å². The van der Waals surface area contributed by atoms with Crippen molar-refractivity contribution in [3.05, 3.63) is 72.9 Å². The standard InChI is InChI=1S/C45H75O14P/c1-3-5-7-9-11-12-13-14-15-16-17-18-20-24-28-32-38(47)56-34-37(35-57-60(54,55)59-45-43(52)41(50)40(49)42(51)44(45)53)58-39(48)33-29-25-21-23-27-31-36(46)30-26-22-19-10-8-6-4-2/h6,8,11-12,14-15,17-19,22,26,30,36-37,40-46,49-53H,3-5,7,9-10,13,16,20-21,23-25,27-29,31-35H2,1-2H3,(H,54,55)/b8-6+,12-11-,15-14-,18-17-,22-19+,30-26+/t36?,37-,40?,41-,42+,43-,44-,45?/m1/s1. The second-order valence-electron chi connectivity index (χ2n) is 15.0. The first-order valence-electron chi connectivity index (χ1n) is 21.8. The maximum absolute atomic E-state index is 12.8. The van der Waals surface area contributed by atoms with E-state index in [1.165, 1.54) is 19.3 Å². The van der Waals surface area contributed by atoms with Crippen LogP contribution >= 0.6 is 7.82 Å². The summed E-state index contributed by atoms with van der Waals surface area (Å²) in [4.78, 5) is 35.6. The Balaban J connectivity index is 2.57. The molecule has 0 aromatic heterocycles. The summed E-state index contributed by atoms with van der Waals surface area (Å²) in [5.74, 6) is -1.23. The Morgan fingerprint density at radius 3 is 1.80 bits per heavy atom. The largest absolute Gasteiger partial charge is 0.472 e. The highest BCUT2D eigenvalue weighted by atomic mass is 31.2. The molecule has 0 saturated heterocycles. The van der Waals surface area contributed by atoms with E-state index in [2.05, 4.69) is 62.5 Å². The van der Waals surface area contributed by atoms with Crippen molar-refractivity contribution in [2.24, 2.45) is 0 Å². The molecule has 14 nitrogen and oxygen atoms in total. The van der Waals surface area contributed by atoms with Crippen molar-refractivity contribution < 1.29 is 68.2 Å². The molecule has 60 heavy (non-hydrogen) atoms. The number of hydrogen-bond acceptors (Lipinski definition) is 13. The van der Waals surface area contributed by atoms with Crippen LogP contribution in [0.4, 0.5) is 0 Å². The Morgan fingerprint density at radius 1 is 0.617 bits per heavy atom. The van der Waals surface area contributed by atoms with Gasteiger partial charge >= 0.3 is 19.8 Å². The first-order valence-corrected chi connectivity index (χ1v) is 23.3. The van der Waals surface area contributed by atoms with Gasteiger partial charge in [0, 0.05) is 12.8 Å². The molecule has 1 saturated carbocycles. The lowest BCUT2D eigenvalue weighted by molar-refractivity contribution is -0.220. The molecule has 0 spiro atoms. The number of carbonyl (C=O) groups excluding carboxylic acids is 2. The number of ether oxygens (including phenoxy) is 2. The Labute approximate surface area is 358 Å². The predicted octanol–water partition coefficient (Wildman–Crippen LogP) is 6.91. The highest BCUT2D eigenvalue weighted by Crippen LogP contribution is 2.47. The van der Waals surface area contributed by atoms with Crippen LogP contribution in [-0.4, -0.2) is 110 Å². The van der Waals surface area contributed by atoms with Gasteiger partial charge in [-0.2, -0.15) is 0 Å². The summed E-state index contributed by atoms with van der Waals surface area (Å²) in [6.07, 6.45) is 25.5. The van der Waals surface area contributed by atoms with Crippen molar-refractivity contribution in [3.8, 4) is 0 Å². The Hall–Kier alpha value is -2.75. The predicted molar refractivity (Wildman–Crippen MR) is 231 cm³/mol. The molecule has 1 rings (SSSR count). The third-order valence-corrected chi connectivity index (χ3v) is 10.6. The second kappa shape index (κ2) is 34.8. The van der Waals surface area contributed by atoms with Crippen LogP contribution in [0.25, 0.3) is 0 Å². The van der Waals surface area contributed by atoms with Gasteiger partial charge in [-0.3, -0.25) is 18.6 Å². The first-order chi connectivity index (χ1) is 28.8. The summed E-state index contributed by atoms with van der Waals surface area (Å²) >= 11 is 0. The summed E-state index contributed by atoms with van der Waals surface area (Å²) in [6.45, 7) is 3.00. The van der Waals surface area contributed by atoms with Crippen molar-refractivity contribution in [3.63, 3.8) is 0 Å². The Morgan fingerprint density at radius 2 is 1.15 bits per heavy atom. The highest BCUT2D eigenvalue weighted by Gasteiger charge is 2.51. The quantitative estimate of drug-likeness (QED) is 0.0115. The van der Waals surface area contributed by atoms with Crippen molar-refractivity contribution in [1.29, 1.82) is 0 Å². The van der Waals surface area contributed by atoms with Gasteiger partial charge in [-0.05, 0) is 70.6 Å². The van der Waals surface area contributed by atoms with Gasteiger partial charge in [0.2, 0.25) is 0 Å². The number of phosphoric acid groups is 1. The molecular weight excluding hydrogens is 795 g/mol. The van der Waals surface area contributed by atoms with E-state index in [1.54, 1.807) is 6.08 Å². The topological polar surface area (TPSA) is 230 Å². The Bertz CT molecular complexity index is 1340. The third kappa shape index (κ3) is 27.2. The van der Waals surface area contributed by atoms with Gasteiger partial charge in [-0.1, -0.05) is 125 Å². The molecule has 15 heteroatoms. The number of aliphatic hydroxyl groups is 6. The highest BCUT2D eigenvalue weighted by molar-refractivity contribution is 7.47. The smallest absolute Gasteiger partial charge is 0.462 e. The van der Waals surface area contributed by atoms with Crippen LogP contribution < -0.4 is 0 Å². The van der Waals surface area contributed by atoms with E-state index in [0.717, 1.165) is 64.2 Å². The van der Waals surface area contributed by atoms with Crippen molar-refractivity contribution in [2.45, 2.75) is 185 Å². The zero-order chi connectivity index (χ0) is 44.4. The number of carbonyl (C=O) groups is 2. The zero-order valence-electron chi connectivity index (χ0n) is 35.8. The van der Waals surface area contributed by atoms with E-state index in [1.807, 2.05) is 18.2 Å². The van der Waals surface area contributed by atoms with Crippen LogP contribution in [0.2, 0.25) is 0 Å². The summed E-state index contributed by atoms with van der Waals surface area (Å²) in [7, 11) is -5.15. The fourth-order valence-corrected chi connectivity index (χ4v) is 7.04. The van der Waals surface area contributed by atoms with Crippen molar-refractivity contribution in [1.82, 2.24) is 0 Å². The van der Waals surface area contributed by atoms with Crippen LogP contribution in [0, 0.1) is 0 Å². The third-order valence-electron chi connectivity index (χ3n) is 9.64. The minimum Gasteiger partial charge on any atom is -0.462 e. The van der Waals surface area contributed by atoms with Crippen molar-refractivity contribution in [2.75, 3.05) is 13.2 Å². The average molecular weight is 871 g/mol. The minimum atomic E-state index is -5.15. The van der Waals surface area contributed by atoms with Crippen LogP contribution in [0.1, 0.15) is 136 Å². The maximum atomic E-state index is 12.8. The number of rotatable bonds is 34. The van der Waals surface area contributed by atoms with Gasteiger partial charge in [-0.15, -0.1) is 0 Å². The molecule has 0 amide bonds. The first kappa shape index (κ1) is 55.3. The second-order valence-corrected chi connectivity index (χ2v) is 16.4. The van der Waals surface area contributed by atoms with Crippen LogP contribution in [0.15, 0.2) is 72.9 Å². The normalized spacial score (nSPS) is 23.4. The molecule has 1 aliphatic rings. The lowest BCUT2D eigenvalue weighted by atomic mass is 9.85.